The zero-order valence-electron chi connectivity index (χ0n) is 9.02. The molecular weight excluding hydrogens is 314 g/mol. The maximum Gasteiger partial charge on any atom is 0.170 e. The molecule has 1 aromatic rings. The lowest BCUT2D eigenvalue weighted by Crippen LogP contribution is -2.31. The number of rotatable bonds is 4. The molecule has 0 radical (unpaired) electrons. The summed E-state index contributed by atoms with van der Waals surface area (Å²) in [5.41, 5.74) is -0.0133. The number of hydrogen-bond donors (Lipinski definition) is 2. The number of ether oxygens (including phenoxy) is 1. The Labute approximate surface area is 112 Å². The van der Waals surface area contributed by atoms with Crippen molar-refractivity contribution in [2.24, 2.45) is 0 Å². The van der Waals surface area contributed by atoms with Crippen LogP contribution in [0.3, 0.4) is 0 Å². The largest absolute Gasteiger partial charge is 0.383 e. The van der Waals surface area contributed by atoms with E-state index in [1.165, 1.54) is 0 Å². The number of benzene rings is 1. The summed E-state index contributed by atoms with van der Waals surface area (Å²) in [6, 6.07) is 2.07. The quantitative estimate of drug-likeness (QED) is 0.507. The van der Waals surface area contributed by atoms with Crippen molar-refractivity contribution in [3.63, 3.8) is 0 Å². The lowest BCUT2D eigenvalue weighted by Gasteiger charge is -2.11. The summed E-state index contributed by atoms with van der Waals surface area (Å²) < 4.78 is 31.5. The van der Waals surface area contributed by atoms with E-state index in [9.17, 15) is 8.78 Å². The van der Waals surface area contributed by atoms with Crippen molar-refractivity contribution in [1.29, 1.82) is 0 Å². The average molecular weight is 325 g/mol. The molecular formula is C10H11BrF2N2OS. The van der Waals surface area contributed by atoms with Gasteiger partial charge in [-0.2, -0.15) is 0 Å². The normalized spacial score (nSPS) is 10.1. The number of halogens is 3. The third-order valence-electron chi connectivity index (χ3n) is 1.85. The van der Waals surface area contributed by atoms with Gasteiger partial charge in [0.2, 0.25) is 0 Å². The van der Waals surface area contributed by atoms with Crippen molar-refractivity contribution in [3.05, 3.63) is 28.2 Å². The Bertz CT molecular complexity index is 418. The number of nitrogens with one attached hydrogen (secondary N) is 2. The third-order valence-corrected chi connectivity index (χ3v) is 2.70. The molecule has 0 fully saturated rings. The minimum Gasteiger partial charge on any atom is -0.383 e. The molecule has 0 spiro atoms. The fraction of sp³-hybridized carbons (Fsp3) is 0.300. The summed E-state index contributed by atoms with van der Waals surface area (Å²) in [4.78, 5) is 0. The molecule has 3 nitrogen and oxygen atoms in total. The molecule has 0 aliphatic heterocycles. The summed E-state index contributed by atoms with van der Waals surface area (Å²) in [7, 11) is 1.56. The molecule has 0 unspecified atom stereocenters. The van der Waals surface area contributed by atoms with Gasteiger partial charge in [-0.1, -0.05) is 0 Å². The predicted molar refractivity (Wildman–Crippen MR) is 70.2 cm³/mol. The monoisotopic (exact) mass is 324 g/mol. The Hall–Kier alpha value is -0.790. The van der Waals surface area contributed by atoms with Crippen LogP contribution in [0.1, 0.15) is 0 Å². The molecule has 0 heterocycles. The van der Waals surface area contributed by atoms with Gasteiger partial charge < -0.3 is 15.4 Å². The minimum atomic E-state index is -0.589. The second-order valence-electron chi connectivity index (χ2n) is 3.12. The number of hydrogen-bond acceptors (Lipinski definition) is 2. The molecule has 1 aromatic carbocycles. The van der Waals surface area contributed by atoms with E-state index >= 15 is 0 Å². The molecule has 0 bridgehead atoms. The molecule has 2 N–H and O–H groups in total. The van der Waals surface area contributed by atoms with E-state index < -0.39 is 11.6 Å². The Morgan fingerprint density at radius 3 is 2.76 bits per heavy atom. The minimum absolute atomic E-state index is 0.0133. The molecule has 0 amide bonds. The zero-order valence-corrected chi connectivity index (χ0v) is 11.4. The first-order valence-electron chi connectivity index (χ1n) is 4.73. The van der Waals surface area contributed by atoms with Crippen LogP contribution in [-0.2, 0) is 4.74 Å². The second-order valence-corrected chi connectivity index (χ2v) is 4.38. The number of anilines is 1. The zero-order chi connectivity index (χ0) is 12.8. The van der Waals surface area contributed by atoms with Gasteiger partial charge in [0.15, 0.2) is 5.11 Å². The SMILES string of the molecule is COCCNC(=S)Nc1cc(F)c(Br)cc1F. The van der Waals surface area contributed by atoms with Crippen molar-refractivity contribution in [2.45, 2.75) is 0 Å². The van der Waals surface area contributed by atoms with Crippen LogP contribution in [0.2, 0.25) is 0 Å². The van der Waals surface area contributed by atoms with Crippen molar-refractivity contribution < 1.29 is 13.5 Å². The van der Waals surface area contributed by atoms with Crippen molar-refractivity contribution >= 4 is 38.9 Å². The lowest BCUT2D eigenvalue weighted by molar-refractivity contribution is 0.204. The average Bonchev–Trinajstić information content (AvgIpc) is 2.26. The van der Waals surface area contributed by atoms with E-state index in [4.69, 9.17) is 17.0 Å². The Balaban J connectivity index is 2.62. The van der Waals surface area contributed by atoms with Crippen LogP contribution in [0.25, 0.3) is 0 Å². The van der Waals surface area contributed by atoms with Gasteiger partial charge in [-0.15, -0.1) is 0 Å². The summed E-state index contributed by atoms with van der Waals surface area (Å²) in [6.45, 7) is 0.960. The first kappa shape index (κ1) is 14.3. The van der Waals surface area contributed by atoms with E-state index in [0.29, 0.717) is 13.2 Å². The molecule has 0 aromatic heterocycles. The summed E-state index contributed by atoms with van der Waals surface area (Å²) in [5.74, 6) is -1.15. The smallest absolute Gasteiger partial charge is 0.170 e. The Morgan fingerprint density at radius 1 is 1.41 bits per heavy atom. The molecule has 0 aliphatic carbocycles. The van der Waals surface area contributed by atoms with Crippen LogP contribution in [0.15, 0.2) is 16.6 Å². The van der Waals surface area contributed by atoms with Gasteiger partial charge in [0.25, 0.3) is 0 Å². The van der Waals surface area contributed by atoms with Crippen LogP contribution < -0.4 is 10.6 Å². The highest BCUT2D eigenvalue weighted by Crippen LogP contribution is 2.23. The van der Waals surface area contributed by atoms with E-state index in [1.54, 1.807) is 7.11 Å². The Kier molecular flexibility index (Phi) is 5.73. The van der Waals surface area contributed by atoms with Gasteiger partial charge in [-0.3, -0.25) is 0 Å². The molecule has 7 heteroatoms. The summed E-state index contributed by atoms with van der Waals surface area (Å²) in [5, 5.41) is 5.56. The Morgan fingerprint density at radius 2 is 2.12 bits per heavy atom. The van der Waals surface area contributed by atoms with Gasteiger partial charge in [-0.25, -0.2) is 8.78 Å². The van der Waals surface area contributed by atoms with Crippen LogP contribution in [0.4, 0.5) is 14.5 Å². The summed E-state index contributed by atoms with van der Waals surface area (Å²) >= 11 is 7.80. The molecule has 17 heavy (non-hydrogen) atoms. The van der Waals surface area contributed by atoms with Crippen LogP contribution >= 0.6 is 28.1 Å². The molecule has 0 atom stereocenters. The first-order valence-corrected chi connectivity index (χ1v) is 5.93. The van der Waals surface area contributed by atoms with Crippen LogP contribution in [0.5, 0.6) is 0 Å². The fourth-order valence-electron chi connectivity index (χ4n) is 1.05. The van der Waals surface area contributed by atoms with Crippen molar-refractivity contribution in [2.75, 3.05) is 25.6 Å². The predicted octanol–water partition coefficient (Wildman–Crippen LogP) is 2.66. The first-order chi connectivity index (χ1) is 8.04. The molecule has 1 rings (SSSR count). The molecule has 94 valence electrons. The maximum atomic E-state index is 13.4. The van der Waals surface area contributed by atoms with Crippen LogP contribution in [-0.4, -0.2) is 25.4 Å². The fourth-order valence-corrected chi connectivity index (χ4v) is 1.58. The van der Waals surface area contributed by atoms with E-state index in [-0.39, 0.29) is 15.3 Å². The number of methoxy groups -OCH3 is 1. The van der Waals surface area contributed by atoms with Gasteiger partial charge in [0, 0.05) is 19.7 Å². The van der Waals surface area contributed by atoms with Gasteiger partial charge in [0.1, 0.15) is 11.6 Å². The van der Waals surface area contributed by atoms with Crippen LogP contribution in [0, 0.1) is 11.6 Å². The number of thiocarbonyl (C=S) groups is 1. The van der Waals surface area contributed by atoms with Gasteiger partial charge >= 0.3 is 0 Å². The molecule has 0 saturated carbocycles. The summed E-state index contributed by atoms with van der Waals surface area (Å²) in [6.07, 6.45) is 0. The van der Waals surface area contributed by atoms with E-state index in [1.807, 2.05) is 0 Å². The van der Waals surface area contributed by atoms with Gasteiger partial charge in [-0.05, 0) is 34.2 Å². The third kappa shape index (κ3) is 4.53. The van der Waals surface area contributed by atoms with E-state index in [2.05, 4.69) is 26.6 Å². The standard InChI is InChI=1S/C10H11BrF2N2OS/c1-16-3-2-14-10(17)15-9-5-7(12)6(11)4-8(9)13/h4-5H,2-3H2,1H3,(H2,14,15,17). The van der Waals surface area contributed by atoms with Gasteiger partial charge in [0.05, 0.1) is 16.8 Å². The second kappa shape index (κ2) is 6.83. The highest BCUT2D eigenvalue weighted by atomic mass is 79.9. The highest BCUT2D eigenvalue weighted by Gasteiger charge is 2.09. The highest BCUT2D eigenvalue weighted by molar-refractivity contribution is 9.10. The van der Waals surface area contributed by atoms with Crippen molar-refractivity contribution in [3.8, 4) is 0 Å². The maximum absolute atomic E-state index is 13.4. The topological polar surface area (TPSA) is 33.3 Å². The van der Waals surface area contributed by atoms with Crippen molar-refractivity contribution in [1.82, 2.24) is 5.32 Å². The molecule has 0 aliphatic rings. The van der Waals surface area contributed by atoms with E-state index in [0.717, 1.165) is 12.1 Å². The molecule has 0 saturated heterocycles. The lowest BCUT2D eigenvalue weighted by atomic mass is 10.3.